The molecular formula is C18H22N4O. The van der Waals surface area contributed by atoms with Gasteiger partial charge in [0.05, 0.1) is 24.7 Å². The highest BCUT2D eigenvalue weighted by Gasteiger charge is 2.28. The average molecular weight is 310 g/mol. The fraction of sp³-hybridized carbons (Fsp3) is 0.444. The van der Waals surface area contributed by atoms with Crippen LogP contribution in [0.1, 0.15) is 24.6 Å². The Bertz CT molecular complexity index is 693. The van der Waals surface area contributed by atoms with Crippen LogP contribution in [-0.4, -0.2) is 43.3 Å². The average Bonchev–Trinajstić information content (AvgIpc) is 3.47. The number of methoxy groups -OCH3 is 1. The normalized spacial score (nSPS) is 18.0. The van der Waals surface area contributed by atoms with Gasteiger partial charge < -0.3 is 15.0 Å². The molecule has 23 heavy (non-hydrogen) atoms. The summed E-state index contributed by atoms with van der Waals surface area (Å²) in [5.74, 6) is 2.40. The molecule has 1 aromatic carbocycles. The van der Waals surface area contributed by atoms with Gasteiger partial charge in [-0.25, -0.2) is 9.97 Å². The minimum Gasteiger partial charge on any atom is -0.497 e. The van der Waals surface area contributed by atoms with E-state index in [1.807, 2.05) is 18.3 Å². The van der Waals surface area contributed by atoms with E-state index >= 15 is 0 Å². The summed E-state index contributed by atoms with van der Waals surface area (Å²) in [6, 6.07) is 8.16. The van der Waals surface area contributed by atoms with Gasteiger partial charge in [-0.15, -0.1) is 0 Å². The summed E-state index contributed by atoms with van der Waals surface area (Å²) in [6.45, 7) is 3.98. The van der Waals surface area contributed by atoms with Crippen LogP contribution < -0.4 is 15.0 Å². The van der Waals surface area contributed by atoms with Gasteiger partial charge in [-0.3, -0.25) is 0 Å². The van der Waals surface area contributed by atoms with Crippen LogP contribution >= 0.6 is 0 Å². The van der Waals surface area contributed by atoms with Crippen LogP contribution in [0.25, 0.3) is 11.3 Å². The highest BCUT2D eigenvalue weighted by atomic mass is 16.5. The number of nitrogens with one attached hydrogen (secondary N) is 1. The van der Waals surface area contributed by atoms with E-state index in [4.69, 9.17) is 9.72 Å². The molecule has 2 heterocycles. The molecule has 120 valence electrons. The minimum atomic E-state index is 0.552. The summed E-state index contributed by atoms with van der Waals surface area (Å²) in [7, 11) is 1.70. The summed E-state index contributed by atoms with van der Waals surface area (Å²) in [6.07, 6.45) is 4.44. The maximum atomic E-state index is 5.38. The van der Waals surface area contributed by atoms with Crippen molar-refractivity contribution in [2.75, 3.05) is 38.2 Å². The van der Waals surface area contributed by atoms with E-state index in [0.29, 0.717) is 5.92 Å². The highest BCUT2D eigenvalue weighted by molar-refractivity contribution is 5.75. The zero-order valence-corrected chi connectivity index (χ0v) is 13.5. The Balaban J connectivity index is 1.78. The van der Waals surface area contributed by atoms with Crippen LogP contribution in [-0.2, 0) is 0 Å². The van der Waals surface area contributed by atoms with Gasteiger partial charge in [-0.1, -0.05) is 12.1 Å². The van der Waals surface area contributed by atoms with Gasteiger partial charge in [0.25, 0.3) is 0 Å². The predicted octanol–water partition coefficient (Wildman–Crippen LogP) is 2.44. The molecule has 1 aliphatic heterocycles. The molecule has 5 nitrogen and oxygen atoms in total. The first kappa shape index (κ1) is 14.5. The van der Waals surface area contributed by atoms with Gasteiger partial charge in [-0.05, 0) is 25.0 Å². The van der Waals surface area contributed by atoms with E-state index in [1.54, 1.807) is 7.11 Å². The Labute approximate surface area is 136 Å². The molecule has 1 aliphatic carbocycles. The number of ether oxygens (including phenoxy) is 1. The highest BCUT2D eigenvalue weighted by Crippen LogP contribution is 2.40. The lowest BCUT2D eigenvalue weighted by atomic mass is 10.1. The molecule has 0 spiro atoms. The van der Waals surface area contributed by atoms with Crippen LogP contribution in [0.2, 0.25) is 0 Å². The van der Waals surface area contributed by atoms with Crippen LogP contribution in [0, 0.1) is 0 Å². The first-order valence-corrected chi connectivity index (χ1v) is 8.32. The largest absolute Gasteiger partial charge is 0.497 e. The molecule has 1 saturated carbocycles. The quantitative estimate of drug-likeness (QED) is 0.940. The van der Waals surface area contributed by atoms with Crippen LogP contribution in [0.15, 0.2) is 30.5 Å². The second-order valence-corrected chi connectivity index (χ2v) is 6.21. The Morgan fingerprint density at radius 2 is 2.04 bits per heavy atom. The van der Waals surface area contributed by atoms with Crippen LogP contribution in [0.3, 0.4) is 0 Å². The van der Waals surface area contributed by atoms with Gasteiger partial charge in [-0.2, -0.15) is 0 Å². The van der Waals surface area contributed by atoms with E-state index in [-0.39, 0.29) is 0 Å². The van der Waals surface area contributed by atoms with Gasteiger partial charge in [0.15, 0.2) is 0 Å². The second kappa shape index (κ2) is 6.16. The summed E-state index contributed by atoms with van der Waals surface area (Å²) in [5.41, 5.74) is 3.26. The number of benzene rings is 1. The molecule has 0 atom stereocenters. The maximum Gasteiger partial charge on any atom is 0.132 e. The number of rotatable bonds is 4. The van der Waals surface area contributed by atoms with Crippen molar-refractivity contribution in [3.8, 4) is 17.0 Å². The zero-order chi connectivity index (χ0) is 15.6. The topological polar surface area (TPSA) is 50.3 Å². The lowest BCUT2D eigenvalue weighted by molar-refractivity contribution is 0.415. The summed E-state index contributed by atoms with van der Waals surface area (Å²) in [4.78, 5) is 11.9. The van der Waals surface area contributed by atoms with Crippen molar-refractivity contribution in [3.05, 3.63) is 36.3 Å². The zero-order valence-electron chi connectivity index (χ0n) is 13.5. The first-order chi connectivity index (χ1) is 11.3. The lowest BCUT2D eigenvalue weighted by Crippen LogP contribution is -2.43. The van der Waals surface area contributed by atoms with E-state index in [1.165, 1.54) is 12.8 Å². The van der Waals surface area contributed by atoms with Crippen molar-refractivity contribution >= 4 is 5.69 Å². The minimum absolute atomic E-state index is 0.552. The lowest BCUT2D eigenvalue weighted by Gasteiger charge is -2.30. The Morgan fingerprint density at radius 3 is 2.78 bits per heavy atom. The second-order valence-electron chi connectivity index (χ2n) is 6.21. The van der Waals surface area contributed by atoms with E-state index in [2.05, 4.69) is 27.3 Å². The third-order valence-corrected chi connectivity index (χ3v) is 4.53. The maximum absolute atomic E-state index is 5.38. The molecule has 5 heteroatoms. The molecule has 0 amide bonds. The fourth-order valence-corrected chi connectivity index (χ4v) is 3.05. The molecule has 2 aromatic rings. The molecule has 2 fully saturated rings. The first-order valence-electron chi connectivity index (χ1n) is 8.32. The van der Waals surface area contributed by atoms with Crippen molar-refractivity contribution in [2.24, 2.45) is 0 Å². The van der Waals surface area contributed by atoms with E-state index in [0.717, 1.165) is 54.7 Å². The third kappa shape index (κ3) is 3.01. The molecule has 0 bridgehead atoms. The molecule has 1 aromatic heterocycles. The predicted molar refractivity (Wildman–Crippen MR) is 91.1 cm³/mol. The van der Waals surface area contributed by atoms with Crippen molar-refractivity contribution in [2.45, 2.75) is 18.8 Å². The van der Waals surface area contributed by atoms with Crippen molar-refractivity contribution in [1.29, 1.82) is 0 Å². The molecule has 2 aliphatic rings. The van der Waals surface area contributed by atoms with Gasteiger partial charge in [0.1, 0.15) is 11.6 Å². The summed E-state index contributed by atoms with van der Waals surface area (Å²) < 4.78 is 5.38. The standard InChI is InChI=1S/C18H22N4O/c1-23-15-4-2-3-14(11-15)17-16(22-9-7-19-8-10-22)12-20-18(21-17)13-5-6-13/h2-4,11-13,19H,5-10H2,1H3. The Hall–Kier alpha value is -2.14. The third-order valence-electron chi connectivity index (χ3n) is 4.53. The molecule has 0 unspecified atom stereocenters. The summed E-state index contributed by atoms with van der Waals surface area (Å²) >= 11 is 0. The smallest absolute Gasteiger partial charge is 0.132 e. The number of nitrogens with zero attached hydrogens (tertiary/aromatic N) is 3. The molecular weight excluding hydrogens is 288 g/mol. The van der Waals surface area contributed by atoms with Crippen molar-refractivity contribution in [1.82, 2.24) is 15.3 Å². The van der Waals surface area contributed by atoms with Crippen LogP contribution in [0.4, 0.5) is 5.69 Å². The SMILES string of the molecule is COc1cccc(-c2nc(C3CC3)ncc2N2CCNCC2)c1. The Kier molecular flexibility index (Phi) is 3.87. The molecule has 4 rings (SSSR count). The van der Waals surface area contributed by atoms with Gasteiger partial charge >= 0.3 is 0 Å². The number of hydrogen-bond acceptors (Lipinski definition) is 5. The van der Waals surface area contributed by atoms with Crippen molar-refractivity contribution in [3.63, 3.8) is 0 Å². The van der Waals surface area contributed by atoms with E-state index in [9.17, 15) is 0 Å². The van der Waals surface area contributed by atoms with Gasteiger partial charge in [0, 0.05) is 37.7 Å². The van der Waals surface area contributed by atoms with E-state index < -0.39 is 0 Å². The van der Waals surface area contributed by atoms with Gasteiger partial charge in [0.2, 0.25) is 0 Å². The number of anilines is 1. The molecule has 1 N–H and O–H groups in total. The van der Waals surface area contributed by atoms with Crippen molar-refractivity contribution < 1.29 is 4.74 Å². The van der Waals surface area contributed by atoms with Crippen LogP contribution in [0.5, 0.6) is 5.75 Å². The number of hydrogen-bond donors (Lipinski definition) is 1. The monoisotopic (exact) mass is 310 g/mol. The molecule has 0 radical (unpaired) electrons. The summed E-state index contributed by atoms with van der Waals surface area (Å²) in [5, 5.41) is 3.40. The fourth-order valence-electron chi connectivity index (χ4n) is 3.05. The number of aromatic nitrogens is 2. The Morgan fingerprint density at radius 1 is 1.22 bits per heavy atom. The number of piperazine rings is 1. The molecule has 1 saturated heterocycles.